The maximum Gasteiger partial charge on any atom is 0.312 e. The number of carbonyl (C=O) groups is 5. The molecule has 10 nitrogen and oxygen atoms in total. The summed E-state index contributed by atoms with van der Waals surface area (Å²) in [5, 5.41) is 0. The highest BCUT2D eigenvalue weighted by molar-refractivity contribution is 5.78. The van der Waals surface area contributed by atoms with Crippen LogP contribution in [0.4, 0.5) is 0 Å². The second kappa shape index (κ2) is 28.3. The van der Waals surface area contributed by atoms with Gasteiger partial charge in [0.1, 0.15) is 28.0 Å². The number of hydrogen-bond acceptors (Lipinski definition) is 10. The van der Waals surface area contributed by atoms with Gasteiger partial charge in [-0.1, -0.05) is 75.2 Å². The zero-order chi connectivity index (χ0) is 66.0. The summed E-state index contributed by atoms with van der Waals surface area (Å²) in [6.45, 7) is 50.8. The maximum absolute atomic E-state index is 12.6. The molecule has 8 bridgehead atoms. The Morgan fingerprint density at radius 1 is 0.379 bits per heavy atom. The first-order valence-electron chi connectivity index (χ1n) is 36.2. The Morgan fingerprint density at radius 2 is 0.736 bits per heavy atom. The zero-order valence-electron chi connectivity index (χ0n) is 61.1. The van der Waals surface area contributed by atoms with Crippen molar-refractivity contribution in [2.24, 2.45) is 97.6 Å². The van der Waals surface area contributed by atoms with E-state index in [4.69, 9.17) is 23.7 Å². The SMILES string of the molecule is CCC(C)(C)C(=O)OC(C)(C)C12CC3CC(CC(C3)C1)C2.CCC(C)(C)C(=O)OC1(C)CC2CC1C1CCCC21.CCC(C)(C)C(=O)OC1(CC)CC2CC1C1CCCC21.CCC(C)(C)OC(=O)C(C)(C)CC.CCC(C)(CC)OC(=O)C(C)(C)CC. The highest BCUT2D eigenvalue weighted by atomic mass is 16.6. The highest BCUT2D eigenvalue weighted by Gasteiger charge is 2.64. The first-order chi connectivity index (χ1) is 40.0. The third kappa shape index (κ3) is 16.8. The van der Waals surface area contributed by atoms with Crippen LogP contribution in [0.3, 0.4) is 0 Å². The molecule has 0 aromatic carbocycles. The molecule has 0 spiro atoms. The van der Waals surface area contributed by atoms with Crippen molar-refractivity contribution >= 4 is 29.8 Å². The molecule has 0 aliphatic heterocycles. The number of rotatable bonds is 20. The molecule has 10 atom stereocenters. The molecule has 10 fully saturated rings. The minimum Gasteiger partial charge on any atom is -0.459 e. The van der Waals surface area contributed by atoms with E-state index in [1.807, 2.05) is 111 Å². The van der Waals surface area contributed by atoms with Crippen LogP contribution in [0.15, 0.2) is 0 Å². The normalized spacial score (nSPS) is 32.8. The first kappa shape index (κ1) is 75.1. The van der Waals surface area contributed by atoms with Crippen LogP contribution >= 0.6 is 0 Å². The molecule has 87 heavy (non-hydrogen) atoms. The molecule has 10 saturated carbocycles. The van der Waals surface area contributed by atoms with E-state index in [9.17, 15) is 24.0 Å². The Labute approximate surface area is 534 Å². The minimum atomic E-state index is -0.362. The summed E-state index contributed by atoms with van der Waals surface area (Å²) in [4.78, 5) is 61.0. The molecule has 10 heteroatoms. The van der Waals surface area contributed by atoms with Gasteiger partial charge in [-0.15, -0.1) is 0 Å². The van der Waals surface area contributed by atoms with E-state index in [1.54, 1.807) is 0 Å². The number of carbonyl (C=O) groups excluding carboxylic acids is 5. The molecule has 10 aliphatic rings. The Kier molecular flexibility index (Phi) is 24.4. The van der Waals surface area contributed by atoms with Crippen LogP contribution < -0.4 is 0 Å². The molecule has 0 N–H and O–H groups in total. The lowest BCUT2D eigenvalue weighted by Gasteiger charge is -2.61. The van der Waals surface area contributed by atoms with E-state index < -0.39 is 0 Å². The van der Waals surface area contributed by atoms with Gasteiger partial charge in [0.25, 0.3) is 0 Å². The second-order valence-corrected chi connectivity index (χ2v) is 35.0. The van der Waals surface area contributed by atoms with Crippen LogP contribution in [0.5, 0.6) is 0 Å². The number of ether oxygens (including phenoxy) is 5. The van der Waals surface area contributed by atoms with Crippen molar-refractivity contribution in [3.05, 3.63) is 0 Å². The van der Waals surface area contributed by atoms with Gasteiger partial charge in [0.2, 0.25) is 0 Å². The topological polar surface area (TPSA) is 132 Å². The standard InChI is InChI=1S/C19H32O2.C18H30O2.C17H28O2.C12H24O2.C11H22O2/c1-6-17(2,3)16(20)21-18(4,5)19-10-13-7-14(11-19)9-15(8-13)12-19;1-5-17(3,4)16(19)20-18(6-2)11-12-10-15(18)14-9-7-8-13(12)14;1-5-16(2,3)15(18)19-17(4)10-11-9-14(17)13-8-6-7-12(11)13;1-7-11(4,5)10(13)14-12(6,8-2)9-3;1-7-10(3,4)9(12)13-11(5,6)8-2/h13-15H,6-12H2,1-5H3;12-15H,5-11H2,1-4H3;11-14H,5-10H2,1-4H3;7-9H2,1-6H3;7-8H2,1-6H3. The van der Waals surface area contributed by atoms with Crippen molar-refractivity contribution in [1.29, 1.82) is 0 Å². The molecular weight excluding hydrogens is 1080 g/mol. The monoisotopic (exact) mass is 1220 g/mol. The summed E-state index contributed by atoms with van der Waals surface area (Å²) in [6, 6.07) is 0. The van der Waals surface area contributed by atoms with E-state index in [0.29, 0.717) is 11.8 Å². The van der Waals surface area contributed by atoms with E-state index >= 15 is 0 Å². The fraction of sp³-hybridized carbons (Fsp3) is 0.935. The Balaban J connectivity index is 0.000000201. The minimum absolute atomic E-state index is 0.00857. The Morgan fingerprint density at radius 3 is 1.14 bits per heavy atom. The fourth-order valence-electron chi connectivity index (χ4n) is 17.3. The molecule has 10 aliphatic carbocycles. The molecular formula is C77H136O10. The van der Waals surface area contributed by atoms with Crippen LogP contribution in [-0.2, 0) is 47.7 Å². The fourth-order valence-corrected chi connectivity index (χ4v) is 17.3. The summed E-state index contributed by atoms with van der Waals surface area (Å²) < 4.78 is 29.4. The molecule has 0 aromatic heterocycles. The van der Waals surface area contributed by atoms with Crippen molar-refractivity contribution in [1.82, 2.24) is 0 Å². The number of hydrogen-bond donors (Lipinski definition) is 0. The number of esters is 5. The van der Waals surface area contributed by atoms with E-state index in [0.717, 1.165) is 124 Å². The van der Waals surface area contributed by atoms with Gasteiger partial charge in [-0.25, -0.2) is 0 Å². The lowest BCUT2D eigenvalue weighted by atomic mass is 9.46. The third-order valence-electron chi connectivity index (χ3n) is 26.5. The maximum atomic E-state index is 12.6. The summed E-state index contributed by atoms with van der Waals surface area (Å²) >= 11 is 0. The van der Waals surface area contributed by atoms with Crippen LogP contribution in [0.1, 0.15) is 334 Å². The predicted molar refractivity (Wildman–Crippen MR) is 354 cm³/mol. The van der Waals surface area contributed by atoms with Gasteiger partial charge in [-0.2, -0.15) is 0 Å². The zero-order valence-corrected chi connectivity index (χ0v) is 61.1. The van der Waals surface area contributed by atoms with Crippen molar-refractivity contribution in [3.8, 4) is 0 Å². The Bertz CT molecular complexity index is 2280. The molecule has 0 aromatic rings. The summed E-state index contributed by atoms with van der Waals surface area (Å²) in [5.41, 5.74) is -2.71. The van der Waals surface area contributed by atoms with Crippen LogP contribution in [0.2, 0.25) is 0 Å². The van der Waals surface area contributed by atoms with Crippen LogP contribution in [-0.4, -0.2) is 57.9 Å². The first-order valence-corrected chi connectivity index (χ1v) is 36.2. The van der Waals surface area contributed by atoms with Gasteiger partial charge in [0, 0.05) is 17.3 Å². The van der Waals surface area contributed by atoms with Gasteiger partial charge in [0.05, 0.1) is 27.1 Å². The smallest absolute Gasteiger partial charge is 0.312 e. The summed E-state index contributed by atoms with van der Waals surface area (Å²) in [6.07, 6.45) is 29.2. The van der Waals surface area contributed by atoms with Gasteiger partial charge in [-0.05, 0) is 312 Å². The molecule has 10 unspecified atom stereocenters. The van der Waals surface area contributed by atoms with Crippen molar-refractivity contribution < 1.29 is 47.7 Å². The van der Waals surface area contributed by atoms with E-state index in [1.165, 1.54) is 89.9 Å². The summed E-state index contributed by atoms with van der Waals surface area (Å²) in [5.74, 6) is 9.13. The van der Waals surface area contributed by atoms with Gasteiger partial charge >= 0.3 is 29.8 Å². The van der Waals surface area contributed by atoms with Crippen LogP contribution in [0.25, 0.3) is 0 Å². The highest BCUT2D eigenvalue weighted by Crippen LogP contribution is 2.67. The van der Waals surface area contributed by atoms with E-state index in [-0.39, 0.29) is 90.3 Å². The van der Waals surface area contributed by atoms with Gasteiger partial charge < -0.3 is 23.7 Å². The van der Waals surface area contributed by atoms with Crippen molar-refractivity contribution in [3.63, 3.8) is 0 Å². The quantitative estimate of drug-likeness (QED) is 0.0857. The average molecular weight is 1220 g/mol. The van der Waals surface area contributed by atoms with Crippen LogP contribution in [0, 0.1) is 97.6 Å². The molecule has 504 valence electrons. The second-order valence-electron chi connectivity index (χ2n) is 35.0. The van der Waals surface area contributed by atoms with Crippen molar-refractivity contribution in [2.75, 3.05) is 0 Å². The molecule has 0 amide bonds. The third-order valence-corrected chi connectivity index (χ3v) is 26.5. The molecule has 0 heterocycles. The lowest BCUT2D eigenvalue weighted by molar-refractivity contribution is -0.206. The Hall–Kier alpha value is -2.65. The number of fused-ring (bicyclic) bond motifs is 10. The average Bonchev–Trinajstić information content (AvgIpc) is 1.76. The van der Waals surface area contributed by atoms with Gasteiger partial charge in [0.15, 0.2) is 0 Å². The largest absolute Gasteiger partial charge is 0.459 e. The van der Waals surface area contributed by atoms with Crippen molar-refractivity contribution in [2.45, 2.75) is 362 Å². The lowest BCUT2D eigenvalue weighted by Crippen LogP contribution is -2.58. The summed E-state index contributed by atoms with van der Waals surface area (Å²) in [7, 11) is 0. The molecule has 10 rings (SSSR count). The molecule has 0 saturated heterocycles. The molecule has 0 radical (unpaired) electrons. The van der Waals surface area contributed by atoms with Gasteiger partial charge in [-0.3, -0.25) is 24.0 Å². The van der Waals surface area contributed by atoms with E-state index in [2.05, 4.69) is 62.3 Å². The predicted octanol–water partition coefficient (Wildman–Crippen LogP) is 20.4.